The summed E-state index contributed by atoms with van der Waals surface area (Å²) in [5.41, 5.74) is 6.80. The molecule has 0 spiro atoms. The highest BCUT2D eigenvalue weighted by molar-refractivity contribution is 6.30. The highest BCUT2D eigenvalue weighted by Crippen LogP contribution is 2.39. The third-order valence-electron chi connectivity index (χ3n) is 4.63. The van der Waals surface area contributed by atoms with Crippen LogP contribution < -0.4 is 5.73 Å². The van der Waals surface area contributed by atoms with Crippen LogP contribution in [0.3, 0.4) is 0 Å². The van der Waals surface area contributed by atoms with Crippen LogP contribution in [0.1, 0.15) is 24.4 Å². The van der Waals surface area contributed by atoms with E-state index < -0.39 is 0 Å². The molecule has 1 aromatic carbocycles. The van der Waals surface area contributed by atoms with Gasteiger partial charge in [0.1, 0.15) is 0 Å². The van der Waals surface area contributed by atoms with Gasteiger partial charge < -0.3 is 15.5 Å². The lowest BCUT2D eigenvalue weighted by Gasteiger charge is -2.28. The van der Waals surface area contributed by atoms with E-state index in [9.17, 15) is 9.59 Å². The molecular weight excluding hydrogens is 302 g/mol. The molecule has 2 aliphatic heterocycles. The third-order valence-corrected chi connectivity index (χ3v) is 4.87. The van der Waals surface area contributed by atoms with Gasteiger partial charge in [0.25, 0.3) is 0 Å². The molecule has 0 bridgehead atoms. The average Bonchev–Trinajstić information content (AvgIpc) is 3.03. The van der Waals surface area contributed by atoms with Gasteiger partial charge in [0.05, 0.1) is 12.0 Å². The van der Waals surface area contributed by atoms with Crippen LogP contribution in [0, 0.1) is 5.92 Å². The second kappa shape index (κ2) is 5.89. The molecule has 0 radical (unpaired) electrons. The van der Waals surface area contributed by atoms with Crippen molar-refractivity contribution in [1.29, 1.82) is 0 Å². The Kier molecular flexibility index (Phi) is 4.10. The van der Waals surface area contributed by atoms with Crippen molar-refractivity contribution in [1.82, 2.24) is 9.80 Å². The Hall–Kier alpha value is -1.59. The molecule has 0 aromatic heterocycles. The van der Waals surface area contributed by atoms with Crippen molar-refractivity contribution in [3.05, 3.63) is 34.9 Å². The Morgan fingerprint density at radius 2 is 2.18 bits per heavy atom. The van der Waals surface area contributed by atoms with Crippen molar-refractivity contribution < 1.29 is 9.59 Å². The fourth-order valence-electron chi connectivity index (χ4n) is 3.46. The Balaban J connectivity index is 1.88. The van der Waals surface area contributed by atoms with Gasteiger partial charge in [0.15, 0.2) is 0 Å². The topological polar surface area (TPSA) is 66.6 Å². The van der Waals surface area contributed by atoms with E-state index in [1.807, 2.05) is 18.2 Å². The molecule has 2 heterocycles. The molecule has 2 saturated heterocycles. The fraction of sp³-hybridized carbons (Fsp3) is 0.500. The standard InChI is InChI=1S/C16H20ClN3O2/c1-19-14(21)8-13(16(22)20-6-5-12(18)9-20)15(19)10-3-2-4-11(17)7-10/h2-4,7,12-13,15H,5-6,8-9,18H2,1H3/t12-,13?,15?/m1/s1. The number of nitrogens with zero attached hydrogens (tertiary/aromatic N) is 2. The van der Waals surface area contributed by atoms with Crippen molar-refractivity contribution in [2.75, 3.05) is 20.1 Å². The highest BCUT2D eigenvalue weighted by atomic mass is 35.5. The van der Waals surface area contributed by atoms with Gasteiger partial charge in [-0.05, 0) is 24.1 Å². The van der Waals surface area contributed by atoms with Gasteiger partial charge in [0, 0.05) is 37.6 Å². The Morgan fingerprint density at radius 1 is 1.41 bits per heavy atom. The molecule has 0 saturated carbocycles. The summed E-state index contributed by atoms with van der Waals surface area (Å²) in [6.45, 7) is 1.26. The minimum atomic E-state index is -0.360. The first-order chi connectivity index (χ1) is 10.5. The average molecular weight is 322 g/mol. The molecule has 1 aromatic rings. The molecule has 118 valence electrons. The molecule has 3 rings (SSSR count). The molecule has 6 heteroatoms. The van der Waals surface area contributed by atoms with Crippen LogP contribution in [0.2, 0.25) is 5.02 Å². The van der Waals surface area contributed by atoms with Gasteiger partial charge in [-0.25, -0.2) is 0 Å². The van der Waals surface area contributed by atoms with Gasteiger partial charge in [-0.3, -0.25) is 9.59 Å². The van der Waals surface area contributed by atoms with Gasteiger partial charge in [-0.2, -0.15) is 0 Å². The monoisotopic (exact) mass is 321 g/mol. The van der Waals surface area contributed by atoms with Crippen LogP contribution in [0.15, 0.2) is 24.3 Å². The first kappa shape index (κ1) is 15.3. The smallest absolute Gasteiger partial charge is 0.228 e. The zero-order valence-electron chi connectivity index (χ0n) is 12.5. The maximum atomic E-state index is 12.8. The number of carbonyl (C=O) groups is 2. The number of likely N-dealkylation sites (tertiary alicyclic amines) is 2. The number of benzene rings is 1. The number of carbonyl (C=O) groups excluding carboxylic acids is 2. The Morgan fingerprint density at radius 3 is 2.82 bits per heavy atom. The lowest BCUT2D eigenvalue weighted by atomic mass is 9.92. The predicted octanol–water partition coefficient (Wildman–Crippen LogP) is 1.42. The minimum Gasteiger partial charge on any atom is -0.341 e. The van der Waals surface area contributed by atoms with E-state index in [1.165, 1.54) is 0 Å². The van der Waals surface area contributed by atoms with E-state index in [0.717, 1.165) is 12.0 Å². The summed E-state index contributed by atoms with van der Waals surface area (Å²) < 4.78 is 0. The lowest BCUT2D eigenvalue weighted by molar-refractivity contribution is -0.135. The molecule has 3 atom stereocenters. The van der Waals surface area contributed by atoms with Crippen LogP contribution in [0.5, 0.6) is 0 Å². The fourth-order valence-corrected chi connectivity index (χ4v) is 3.66. The highest BCUT2D eigenvalue weighted by Gasteiger charge is 2.45. The van der Waals surface area contributed by atoms with Gasteiger partial charge >= 0.3 is 0 Å². The summed E-state index contributed by atoms with van der Waals surface area (Å²) in [5, 5.41) is 0.611. The number of halogens is 1. The quantitative estimate of drug-likeness (QED) is 0.896. The number of rotatable bonds is 2. The molecule has 2 amide bonds. The Bertz CT molecular complexity index is 607. The van der Waals surface area contributed by atoms with E-state index >= 15 is 0 Å². The SMILES string of the molecule is CN1C(=O)CC(C(=O)N2CC[C@@H](N)C2)C1c1cccc(Cl)c1. The van der Waals surface area contributed by atoms with Crippen LogP contribution in [0.4, 0.5) is 0 Å². The molecule has 5 nitrogen and oxygen atoms in total. The zero-order chi connectivity index (χ0) is 15.9. The largest absolute Gasteiger partial charge is 0.341 e. The lowest BCUT2D eigenvalue weighted by Crippen LogP contribution is -2.38. The van der Waals surface area contributed by atoms with E-state index in [4.69, 9.17) is 17.3 Å². The minimum absolute atomic E-state index is 0.00757. The maximum Gasteiger partial charge on any atom is 0.228 e. The number of nitrogens with two attached hydrogens (primary N) is 1. The molecule has 22 heavy (non-hydrogen) atoms. The van der Waals surface area contributed by atoms with Crippen LogP contribution in [-0.4, -0.2) is 47.8 Å². The first-order valence-electron chi connectivity index (χ1n) is 7.53. The van der Waals surface area contributed by atoms with Crippen LogP contribution in [-0.2, 0) is 9.59 Å². The summed E-state index contributed by atoms with van der Waals surface area (Å²) in [4.78, 5) is 28.4. The maximum absolute atomic E-state index is 12.8. The van der Waals surface area contributed by atoms with Gasteiger partial charge in [0.2, 0.25) is 11.8 Å². The van der Waals surface area contributed by atoms with Crippen molar-refractivity contribution in [2.45, 2.75) is 24.9 Å². The third kappa shape index (κ3) is 2.71. The Labute approximate surface area is 135 Å². The number of hydrogen-bond donors (Lipinski definition) is 1. The molecule has 2 N–H and O–H groups in total. The number of amides is 2. The van der Waals surface area contributed by atoms with Gasteiger partial charge in [-0.15, -0.1) is 0 Å². The molecular formula is C16H20ClN3O2. The molecule has 2 fully saturated rings. The van der Waals surface area contributed by atoms with Crippen molar-refractivity contribution in [2.24, 2.45) is 11.7 Å². The molecule has 0 aliphatic carbocycles. The summed E-state index contributed by atoms with van der Waals surface area (Å²) >= 11 is 6.07. The summed E-state index contributed by atoms with van der Waals surface area (Å²) in [7, 11) is 1.75. The summed E-state index contributed by atoms with van der Waals surface area (Å²) in [6, 6.07) is 7.18. The summed E-state index contributed by atoms with van der Waals surface area (Å²) in [6.07, 6.45) is 1.07. The van der Waals surface area contributed by atoms with E-state index in [1.54, 1.807) is 22.9 Å². The van der Waals surface area contributed by atoms with E-state index in [2.05, 4.69) is 0 Å². The summed E-state index contributed by atoms with van der Waals surface area (Å²) in [5.74, 6) is -0.344. The normalized spacial score (nSPS) is 28.5. The molecule has 2 unspecified atom stereocenters. The van der Waals surface area contributed by atoms with E-state index in [0.29, 0.717) is 18.1 Å². The van der Waals surface area contributed by atoms with E-state index in [-0.39, 0.29) is 36.2 Å². The molecule has 2 aliphatic rings. The van der Waals surface area contributed by atoms with Crippen molar-refractivity contribution in [3.8, 4) is 0 Å². The van der Waals surface area contributed by atoms with Crippen LogP contribution in [0.25, 0.3) is 0 Å². The second-order valence-electron chi connectivity index (χ2n) is 6.15. The first-order valence-corrected chi connectivity index (χ1v) is 7.90. The van der Waals surface area contributed by atoms with Gasteiger partial charge in [-0.1, -0.05) is 23.7 Å². The predicted molar refractivity (Wildman–Crippen MR) is 84.2 cm³/mol. The van der Waals surface area contributed by atoms with Crippen molar-refractivity contribution in [3.63, 3.8) is 0 Å². The zero-order valence-corrected chi connectivity index (χ0v) is 13.3. The van der Waals surface area contributed by atoms with Crippen molar-refractivity contribution >= 4 is 23.4 Å². The second-order valence-corrected chi connectivity index (χ2v) is 6.58. The number of hydrogen-bond acceptors (Lipinski definition) is 3. The van der Waals surface area contributed by atoms with Crippen LogP contribution >= 0.6 is 11.6 Å².